The van der Waals surface area contributed by atoms with Crippen molar-refractivity contribution in [1.29, 1.82) is 5.26 Å². The van der Waals surface area contributed by atoms with Crippen LogP contribution in [0.4, 0.5) is 0 Å². The molecule has 0 unspecified atom stereocenters. The average Bonchev–Trinajstić information content (AvgIpc) is 2.48. The third kappa shape index (κ3) is 2.89. The fourth-order valence-electron chi connectivity index (χ4n) is 2.57. The van der Waals surface area contributed by atoms with E-state index in [2.05, 4.69) is 0 Å². The number of methoxy groups -OCH3 is 1. The zero-order chi connectivity index (χ0) is 16.3. The molecule has 22 heavy (non-hydrogen) atoms. The molecule has 0 aliphatic rings. The van der Waals surface area contributed by atoms with E-state index in [9.17, 15) is 4.79 Å². The molecule has 1 heterocycles. The van der Waals surface area contributed by atoms with Crippen molar-refractivity contribution in [2.24, 2.45) is 0 Å². The van der Waals surface area contributed by atoms with Gasteiger partial charge in [0, 0.05) is 17.2 Å². The molecular weight excluding hydrogens is 276 g/mol. The van der Waals surface area contributed by atoms with Gasteiger partial charge in [0.05, 0.1) is 25.3 Å². The largest absolute Gasteiger partial charge is 0.496 e. The first-order chi connectivity index (χ1) is 10.5. The molecular formula is C18H20N2O2. The summed E-state index contributed by atoms with van der Waals surface area (Å²) in [5, 5.41) is 8.86. The molecule has 2 aromatic rings. The number of ether oxygens (including phenoxy) is 1. The van der Waals surface area contributed by atoms with Crippen molar-refractivity contribution in [3.63, 3.8) is 0 Å². The Bertz CT molecular complexity index is 783. The number of hydrogen-bond donors (Lipinski definition) is 0. The maximum absolute atomic E-state index is 12.7. The van der Waals surface area contributed by atoms with E-state index in [1.807, 2.05) is 51.1 Å². The molecule has 0 saturated carbocycles. The molecule has 114 valence electrons. The smallest absolute Gasteiger partial charge is 0.255 e. The van der Waals surface area contributed by atoms with Gasteiger partial charge in [-0.1, -0.05) is 17.7 Å². The molecule has 0 N–H and O–H groups in total. The minimum Gasteiger partial charge on any atom is -0.496 e. The van der Waals surface area contributed by atoms with E-state index >= 15 is 0 Å². The van der Waals surface area contributed by atoms with Crippen LogP contribution in [0.1, 0.15) is 31.0 Å². The summed E-state index contributed by atoms with van der Waals surface area (Å²) < 4.78 is 7.17. The number of hydrogen-bond acceptors (Lipinski definition) is 3. The second kappa shape index (κ2) is 6.48. The zero-order valence-corrected chi connectivity index (χ0v) is 13.4. The van der Waals surface area contributed by atoms with Gasteiger partial charge in [-0.05, 0) is 39.0 Å². The fraction of sp³-hybridized carbons (Fsp3) is 0.333. The summed E-state index contributed by atoms with van der Waals surface area (Å²) in [5.74, 6) is 0.729. The van der Waals surface area contributed by atoms with Crippen LogP contribution in [0.5, 0.6) is 5.75 Å². The Labute approximate surface area is 130 Å². The van der Waals surface area contributed by atoms with Gasteiger partial charge < -0.3 is 9.30 Å². The summed E-state index contributed by atoms with van der Waals surface area (Å²) in [6, 6.07) is 11.6. The Hall–Kier alpha value is -2.54. The van der Waals surface area contributed by atoms with E-state index in [-0.39, 0.29) is 18.0 Å². The van der Waals surface area contributed by atoms with Gasteiger partial charge >= 0.3 is 0 Å². The van der Waals surface area contributed by atoms with Gasteiger partial charge in [-0.2, -0.15) is 5.26 Å². The van der Waals surface area contributed by atoms with Crippen LogP contribution >= 0.6 is 0 Å². The van der Waals surface area contributed by atoms with Crippen molar-refractivity contribution in [3.05, 3.63) is 51.8 Å². The monoisotopic (exact) mass is 296 g/mol. The summed E-state index contributed by atoms with van der Waals surface area (Å²) in [6.45, 7) is 5.93. The van der Waals surface area contributed by atoms with Crippen LogP contribution in [-0.2, 0) is 6.42 Å². The second-order valence-electron chi connectivity index (χ2n) is 5.55. The third-order valence-corrected chi connectivity index (χ3v) is 3.61. The highest BCUT2D eigenvalue weighted by atomic mass is 16.5. The molecule has 0 aliphatic carbocycles. The lowest BCUT2D eigenvalue weighted by Crippen LogP contribution is -2.26. The Morgan fingerprint density at radius 3 is 2.59 bits per heavy atom. The highest BCUT2D eigenvalue weighted by Crippen LogP contribution is 2.31. The first-order valence-electron chi connectivity index (χ1n) is 7.26. The molecule has 0 aliphatic heterocycles. The maximum atomic E-state index is 12.7. The van der Waals surface area contributed by atoms with E-state index in [0.717, 1.165) is 22.6 Å². The molecule has 0 radical (unpaired) electrons. The molecule has 0 amide bonds. The minimum atomic E-state index is -0.113. The molecule has 1 aromatic heterocycles. The molecule has 1 aromatic carbocycles. The van der Waals surface area contributed by atoms with Crippen LogP contribution < -0.4 is 10.3 Å². The Morgan fingerprint density at radius 1 is 1.27 bits per heavy atom. The van der Waals surface area contributed by atoms with Crippen molar-refractivity contribution in [2.75, 3.05) is 7.11 Å². The number of aryl methyl sites for hydroxylation is 1. The Kier molecular flexibility index (Phi) is 4.67. The number of rotatable bonds is 4. The van der Waals surface area contributed by atoms with Crippen LogP contribution in [-0.4, -0.2) is 11.7 Å². The van der Waals surface area contributed by atoms with Crippen molar-refractivity contribution < 1.29 is 4.74 Å². The molecule has 4 nitrogen and oxygen atoms in total. The summed E-state index contributed by atoms with van der Waals surface area (Å²) in [7, 11) is 1.62. The predicted octanol–water partition coefficient (Wildman–Crippen LogP) is 3.48. The molecule has 4 heteroatoms. The lowest BCUT2D eigenvalue weighted by atomic mass is 10.0. The first-order valence-corrected chi connectivity index (χ1v) is 7.26. The standard InChI is InChI=1S/C18H20N2O2/c1-12(2)20-16(7-6-14(9-10-19)18(20)21)15-11-13(3)5-8-17(15)22-4/h5-8,11-12H,9H2,1-4H3. The number of nitrogens with zero attached hydrogens (tertiary/aromatic N) is 2. The summed E-state index contributed by atoms with van der Waals surface area (Å²) in [6.07, 6.45) is 0.122. The van der Waals surface area contributed by atoms with Gasteiger partial charge in [0.2, 0.25) is 0 Å². The fourth-order valence-corrected chi connectivity index (χ4v) is 2.57. The minimum absolute atomic E-state index is 0.00800. The zero-order valence-electron chi connectivity index (χ0n) is 13.4. The number of nitriles is 1. The SMILES string of the molecule is COc1ccc(C)cc1-c1ccc(CC#N)c(=O)n1C(C)C. The van der Waals surface area contributed by atoms with Crippen LogP contribution in [0.3, 0.4) is 0 Å². The summed E-state index contributed by atoms with van der Waals surface area (Å²) in [4.78, 5) is 12.7. The first kappa shape index (κ1) is 15.8. The molecule has 2 rings (SSSR count). The normalized spacial score (nSPS) is 10.5. The number of benzene rings is 1. The third-order valence-electron chi connectivity index (χ3n) is 3.61. The van der Waals surface area contributed by atoms with Crippen LogP contribution in [0, 0.1) is 18.3 Å². The topological polar surface area (TPSA) is 55.0 Å². The summed E-state index contributed by atoms with van der Waals surface area (Å²) >= 11 is 0. The highest BCUT2D eigenvalue weighted by molar-refractivity contribution is 5.69. The van der Waals surface area contributed by atoms with Gasteiger partial charge in [0.1, 0.15) is 5.75 Å². The second-order valence-corrected chi connectivity index (χ2v) is 5.55. The predicted molar refractivity (Wildman–Crippen MR) is 87.1 cm³/mol. The van der Waals surface area contributed by atoms with Crippen LogP contribution in [0.2, 0.25) is 0 Å². The van der Waals surface area contributed by atoms with Crippen molar-refractivity contribution in [2.45, 2.75) is 33.2 Å². The van der Waals surface area contributed by atoms with Gasteiger partial charge in [-0.15, -0.1) is 0 Å². The molecule has 0 spiro atoms. The Morgan fingerprint density at radius 2 is 2.00 bits per heavy atom. The molecule has 0 atom stereocenters. The summed E-state index contributed by atoms with van der Waals surface area (Å²) in [5.41, 5.74) is 3.20. The number of pyridine rings is 1. The van der Waals surface area contributed by atoms with Gasteiger partial charge in [-0.25, -0.2) is 0 Å². The van der Waals surface area contributed by atoms with E-state index < -0.39 is 0 Å². The Balaban J connectivity index is 2.77. The van der Waals surface area contributed by atoms with Crippen LogP contribution in [0.25, 0.3) is 11.3 Å². The van der Waals surface area contributed by atoms with E-state index in [0.29, 0.717) is 5.56 Å². The van der Waals surface area contributed by atoms with Gasteiger partial charge in [-0.3, -0.25) is 4.79 Å². The van der Waals surface area contributed by atoms with E-state index in [4.69, 9.17) is 10.00 Å². The number of aromatic nitrogens is 1. The molecule has 0 fully saturated rings. The van der Waals surface area contributed by atoms with Crippen LogP contribution in [0.15, 0.2) is 35.1 Å². The highest BCUT2D eigenvalue weighted by Gasteiger charge is 2.16. The van der Waals surface area contributed by atoms with Gasteiger partial charge in [0.15, 0.2) is 0 Å². The van der Waals surface area contributed by atoms with Crippen molar-refractivity contribution in [1.82, 2.24) is 4.57 Å². The molecule has 0 saturated heterocycles. The van der Waals surface area contributed by atoms with Crippen molar-refractivity contribution in [3.8, 4) is 23.1 Å². The quantitative estimate of drug-likeness (QED) is 0.868. The molecule has 0 bridgehead atoms. The average molecular weight is 296 g/mol. The lowest BCUT2D eigenvalue weighted by Gasteiger charge is -2.19. The van der Waals surface area contributed by atoms with Crippen molar-refractivity contribution >= 4 is 0 Å². The lowest BCUT2D eigenvalue weighted by molar-refractivity contribution is 0.415. The van der Waals surface area contributed by atoms with E-state index in [1.165, 1.54) is 0 Å². The maximum Gasteiger partial charge on any atom is 0.255 e. The van der Waals surface area contributed by atoms with Gasteiger partial charge in [0.25, 0.3) is 5.56 Å². The van der Waals surface area contributed by atoms with E-state index in [1.54, 1.807) is 17.7 Å².